The topological polar surface area (TPSA) is 62.6 Å². The van der Waals surface area contributed by atoms with Gasteiger partial charge in [0.25, 0.3) is 0 Å². The summed E-state index contributed by atoms with van der Waals surface area (Å²) in [6.07, 6.45) is 6.22. The van der Waals surface area contributed by atoms with Gasteiger partial charge in [-0.1, -0.05) is 11.6 Å². The maximum absolute atomic E-state index is 9.01. The lowest BCUT2D eigenvalue weighted by atomic mass is 9.91. The second-order valence-corrected chi connectivity index (χ2v) is 5.29. The van der Waals surface area contributed by atoms with E-state index in [1.165, 1.54) is 19.3 Å². The predicted molar refractivity (Wildman–Crippen MR) is 74.0 cm³/mol. The molecule has 0 radical (unpaired) electrons. The highest BCUT2D eigenvalue weighted by molar-refractivity contribution is 5.49. The summed E-state index contributed by atoms with van der Waals surface area (Å²) in [5.41, 5.74) is 0.918. The average molecular weight is 276 g/mol. The number of furan rings is 1. The Morgan fingerprint density at radius 3 is 2.90 bits per heavy atom. The standard InChI is InChI=1S/C15H20N2O3/c18-8-3-7-17(13-4-1-5-13)11-12-10-15(20-16-12)14-6-2-9-19-14/h2,6,9-10,13,18H,1,3-5,7-8,11H2. The summed E-state index contributed by atoms with van der Waals surface area (Å²) in [7, 11) is 0. The van der Waals surface area contributed by atoms with E-state index in [1.807, 2.05) is 18.2 Å². The number of hydrogen-bond donors (Lipinski definition) is 1. The van der Waals surface area contributed by atoms with E-state index in [4.69, 9.17) is 14.0 Å². The van der Waals surface area contributed by atoms with E-state index in [1.54, 1.807) is 6.26 Å². The monoisotopic (exact) mass is 276 g/mol. The highest BCUT2D eigenvalue weighted by Gasteiger charge is 2.25. The van der Waals surface area contributed by atoms with Crippen LogP contribution >= 0.6 is 0 Å². The van der Waals surface area contributed by atoms with Crippen molar-refractivity contribution in [2.45, 2.75) is 38.3 Å². The molecule has 5 nitrogen and oxygen atoms in total. The van der Waals surface area contributed by atoms with Crippen LogP contribution in [-0.2, 0) is 6.54 Å². The maximum Gasteiger partial charge on any atom is 0.202 e. The molecule has 0 aliphatic heterocycles. The van der Waals surface area contributed by atoms with Crippen LogP contribution in [0.1, 0.15) is 31.4 Å². The Bertz CT molecular complexity index is 517. The average Bonchev–Trinajstić information content (AvgIpc) is 3.04. The third-order valence-corrected chi connectivity index (χ3v) is 3.88. The lowest BCUT2D eigenvalue weighted by Gasteiger charge is -2.37. The third-order valence-electron chi connectivity index (χ3n) is 3.88. The lowest BCUT2D eigenvalue weighted by molar-refractivity contribution is 0.107. The second-order valence-electron chi connectivity index (χ2n) is 5.29. The molecule has 1 fully saturated rings. The van der Waals surface area contributed by atoms with E-state index in [2.05, 4.69) is 10.1 Å². The molecular formula is C15H20N2O3. The van der Waals surface area contributed by atoms with Gasteiger partial charge in [-0.3, -0.25) is 4.90 Å². The molecule has 0 amide bonds. The molecule has 0 spiro atoms. The van der Waals surface area contributed by atoms with Crippen molar-refractivity contribution < 1.29 is 14.0 Å². The molecule has 1 aliphatic carbocycles. The molecule has 5 heteroatoms. The van der Waals surface area contributed by atoms with Gasteiger partial charge in [-0.15, -0.1) is 0 Å². The number of aliphatic hydroxyl groups excluding tert-OH is 1. The van der Waals surface area contributed by atoms with Crippen molar-refractivity contribution in [3.05, 3.63) is 30.2 Å². The molecule has 0 aromatic carbocycles. The number of aliphatic hydroxyl groups is 1. The fraction of sp³-hybridized carbons (Fsp3) is 0.533. The zero-order chi connectivity index (χ0) is 13.8. The fourth-order valence-electron chi connectivity index (χ4n) is 2.55. The summed E-state index contributed by atoms with van der Waals surface area (Å²) in [5.74, 6) is 1.37. The molecule has 2 aromatic rings. The van der Waals surface area contributed by atoms with Gasteiger partial charge in [0, 0.05) is 31.8 Å². The van der Waals surface area contributed by atoms with Crippen molar-refractivity contribution in [1.29, 1.82) is 0 Å². The van der Waals surface area contributed by atoms with Gasteiger partial charge in [0.15, 0.2) is 5.76 Å². The fourth-order valence-corrected chi connectivity index (χ4v) is 2.55. The quantitative estimate of drug-likeness (QED) is 0.842. The first kappa shape index (κ1) is 13.4. The third kappa shape index (κ3) is 2.94. The van der Waals surface area contributed by atoms with Crippen molar-refractivity contribution in [1.82, 2.24) is 10.1 Å². The van der Waals surface area contributed by atoms with Gasteiger partial charge in [0.05, 0.1) is 12.0 Å². The van der Waals surface area contributed by atoms with Crippen molar-refractivity contribution >= 4 is 0 Å². The van der Waals surface area contributed by atoms with Crippen LogP contribution in [0.3, 0.4) is 0 Å². The molecule has 1 aliphatic rings. The van der Waals surface area contributed by atoms with Crippen molar-refractivity contribution in [2.24, 2.45) is 0 Å². The van der Waals surface area contributed by atoms with Crippen molar-refractivity contribution in [3.8, 4) is 11.5 Å². The minimum Gasteiger partial charge on any atom is -0.461 e. The van der Waals surface area contributed by atoms with E-state index in [0.717, 1.165) is 25.2 Å². The molecule has 3 rings (SSSR count). The van der Waals surface area contributed by atoms with Crippen LogP contribution in [0, 0.1) is 0 Å². The van der Waals surface area contributed by atoms with Gasteiger partial charge in [0.1, 0.15) is 0 Å². The Kier molecular flexibility index (Phi) is 4.18. The molecule has 0 unspecified atom stereocenters. The van der Waals surface area contributed by atoms with E-state index in [0.29, 0.717) is 17.6 Å². The summed E-state index contributed by atoms with van der Waals surface area (Å²) >= 11 is 0. The SMILES string of the molecule is OCCCN(Cc1cc(-c2ccco2)on1)C1CCC1. The van der Waals surface area contributed by atoms with Gasteiger partial charge in [-0.05, 0) is 31.4 Å². The van der Waals surface area contributed by atoms with E-state index in [9.17, 15) is 0 Å². The Morgan fingerprint density at radius 2 is 2.25 bits per heavy atom. The number of nitrogens with zero attached hydrogens (tertiary/aromatic N) is 2. The Hall–Kier alpha value is -1.59. The van der Waals surface area contributed by atoms with Crippen molar-refractivity contribution in [3.63, 3.8) is 0 Å². The number of rotatable bonds is 7. The van der Waals surface area contributed by atoms with Crippen LogP contribution in [-0.4, -0.2) is 34.4 Å². The van der Waals surface area contributed by atoms with Crippen LogP contribution in [0.5, 0.6) is 0 Å². The molecule has 0 bridgehead atoms. The van der Waals surface area contributed by atoms with Gasteiger partial charge in [-0.25, -0.2) is 0 Å². The Labute approximate surface area is 118 Å². The summed E-state index contributed by atoms with van der Waals surface area (Å²) < 4.78 is 10.6. The predicted octanol–water partition coefficient (Wildman–Crippen LogP) is 2.67. The molecular weight excluding hydrogens is 256 g/mol. The normalized spacial score (nSPS) is 15.7. The number of hydrogen-bond acceptors (Lipinski definition) is 5. The Morgan fingerprint density at radius 1 is 1.35 bits per heavy atom. The minimum absolute atomic E-state index is 0.236. The van der Waals surface area contributed by atoms with Gasteiger partial charge < -0.3 is 14.0 Å². The summed E-state index contributed by atoms with van der Waals surface area (Å²) in [4.78, 5) is 2.39. The van der Waals surface area contributed by atoms with Crippen LogP contribution < -0.4 is 0 Å². The summed E-state index contributed by atoms with van der Waals surface area (Å²) in [5, 5.41) is 13.1. The molecule has 2 aromatic heterocycles. The highest BCUT2D eigenvalue weighted by atomic mass is 16.5. The largest absolute Gasteiger partial charge is 0.461 e. The minimum atomic E-state index is 0.236. The first-order valence-corrected chi connectivity index (χ1v) is 7.21. The molecule has 2 heterocycles. The maximum atomic E-state index is 9.01. The molecule has 0 atom stereocenters. The Balaban J connectivity index is 1.65. The smallest absolute Gasteiger partial charge is 0.202 e. The van der Waals surface area contributed by atoms with Crippen LogP contribution in [0.25, 0.3) is 11.5 Å². The van der Waals surface area contributed by atoms with Gasteiger partial charge in [0.2, 0.25) is 5.76 Å². The van der Waals surface area contributed by atoms with Gasteiger partial charge in [-0.2, -0.15) is 0 Å². The molecule has 20 heavy (non-hydrogen) atoms. The zero-order valence-corrected chi connectivity index (χ0v) is 11.5. The second kappa shape index (κ2) is 6.24. The lowest BCUT2D eigenvalue weighted by Crippen LogP contribution is -2.40. The van der Waals surface area contributed by atoms with Gasteiger partial charge >= 0.3 is 0 Å². The zero-order valence-electron chi connectivity index (χ0n) is 11.5. The van der Waals surface area contributed by atoms with Crippen LogP contribution in [0.2, 0.25) is 0 Å². The van der Waals surface area contributed by atoms with E-state index < -0.39 is 0 Å². The van der Waals surface area contributed by atoms with E-state index >= 15 is 0 Å². The van der Waals surface area contributed by atoms with Crippen LogP contribution in [0.15, 0.2) is 33.4 Å². The first-order valence-electron chi connectivity index (χ1n) is 7.21. The van der Waals surface area contributed by atoms with E-state index in [-0.39, 0.29) is 6.61 Å². The highest BCUT2D eigenvalue weighted by Crippen LogP contribution is 2.27. The summed E-state index contributed by atoms with van der Waals surface area (Å²) in [6.45, 7) is 1.92. The molecule has 108 valence electrons. The first-order chi connectivity index (χ1) is 9.86. The number of aromatic nitrogens is 1. The van der Waals surface area contributed by atoms with Crippen LogP contribution in [0.4, 0.5) is 0 Å². The molecule has 1 saturated carbocycles. The molecule has 1 N–H and O–H groups in total. The summed E-state index contributed by atoms with van der Waals surface area (Å²) in [6, 6.07) is 6.26. The molecule has 0 saturated heterocycles. The van der Waals surface area contributed by atoms with Crippen molar-refractivity contribution in [2.75, 3.05) is 13.2 Å².